The second-order valence-corrected chi connectivity index (χ2v) is 6.58. The van der Waals surface area contributed by atoms with Crippen molar-refractivity contribution >= 4 is 11.8 Å². The molecule has 16 heavy (non-hydrogen) atoms. The van der Waals surface area contributed by atoms with Crippen LogP contribution in [0.3, 0.4) is 0 Å². The monoisotopic (exact) mass is 234 g/mol. The lowest BCUT2D eigenvalue weighted by Crippen LogP contribution is -2.40. The van der Waals surface area contributed by atoms with E-state index in [1.807, 2.05) is 11.8 Å². The van der Waals surface area contributed by atoms with Crippen LogP contribution in [0.4, 0.5) is 0 Å². The van der Waals surface area contributed by atoms with E-state index < -0.39 is 0 Å². The third-order valence-electron chi connectivity index (χ3n) is 4.22. The molecule has 0 amide bonds. The Balaban J connectivity index is 2.57. The molecule has 88 valence electrons. The molecule has 1 aliphatic rings. The molecule has 1 aliphatic heterocycles. The minimum absolute atomic E-state index is 0.391. The second kappa shape index (κ2) is 4.44. The van der Waals surface area contributed by atoms with Crippen molar-refractivity contribution in [2.45, 2.75) is 44.4 Å². The first-order valence-corrected chi connectivity index (χ1v) is 7.30. The Morgan fingerprint density at radius 1 is 1.06 bits per heavy atom. The average Bonchev–Trinajstić information content (AvgIpc) is 2.27. The molecule has 1 heteroatoms. The standard InChI is InChI=1S/C15H22S/c1-11(2)15(12(3)4)9-10-16-14-8-6-5-7-13(14)15/h5-8,11-12H,9-10H2,1-4H3. The van der Waals surface area contributed by atoms with Crippen LogP contribution in [0.5, 0.6) is 0 Å². The van der Waals surface area contributed by atoms with Gasteiger partial charge in [-0.3, -0.25) is 0 Å². The summed E-state index contributed by atoms with van der Waals surface area (Å²) >= 11 is 2.03. The molecule has 1 heterocycles. The zero-order valence-electron chi connectivity index (χ0n) is 10.8. The number of fused-ring (bicyclic) bond motifs is 1. The summed E-state index contributed by atoms with van der Waals surface area (Å²) in [5.74, 6) is 2.71. The number of hydrogen-bond acceptors (Lipinski definition) is 1. The number of benzene rings is 1. The fourth-order valence-electron chi connectivity index (χ4n) is 3.31. The molecular formula is C15H22S. The molecule has 0 aromatic heterocycles. The van der Waals surface area contributed by atoms with Crippen LogP contribution in [0.2, 0.25) is 0 Å². The van der Waals surface area contributed by atoms with Gasteiger partial charge in [0.25, 0.3) is 0 Å². The molecule has 0 nitrogen and oxygen atoms in total. The predicted molar refractivity (Wildman–Crippen MR) is 73.1 cm³/mol. The van der Waals surface area contributed by atoms with Crippen molar-refractivity contribution in [2.75, 3.05) is 5.75 Å². The fraction of sp³-hybridized carbons (Fsp3) is 0.600. The Morgan fingerprint density at radius 2 is 1.69 bits per heavy atom. The Hall–Kier alpha value is -0.430. The van der Waals surface area contributed by atoms with Gasteiger partial charge in [0.15, 0.2) is 0 Å². The lowest BCUT2D eigenvalue weighted by Gasteiger charge is -2.45. The normalized spacial score (nSPS) is 18.9. The lowest BCUT2D eigenvalue weighted by atomic mass is 9.63. The zero-order chi connectivity index (χ0) is 11.8. The van der Waals surface area contributed by atoms with Gasteiger partial charge in [-0.05, 0) is 35.6 Å². The van der Waals surface area contributed by atoms with Crippen molar-refractivity contribution in [1.29, 1.82) is 0 Å². The first-order chi connectivity index (χ1) is 7.59. The Bertz CT molecular complexity index is 357. The summed E-state index contributed by atoms with van der Waals surface area (Å²) < 4.78 is 0. The SMILES string of the molecule is CC(C)C1(C(C)C)CCSc2ccccc21. The summed E-state index contributed by atoms with van der Waals surface area (Å²) in [6.45, 7) is 9.53. The molecular weight excluding hydrogens is 212 g/mol. The van der Waals surface area contributed by atoms with E-state index in [2.05, 4.69) is 52.0 Å². The quantitative estimate of drug-likeness (QED) is 0.712. The average molecular weight is 234 g/mol. The predicted octanol–water partition coefficient (Wildman–Crippen LogP) is 4.73. The van der Waals surface area contributed by atoms with E-state index in [0.717, 1.165) is 11.8 Å². The third-order valence-corrected chi connectivity index (χ3v) is 5.30. The van der Waals surface area contributed by atoms with Gasteiger partial charge in [-0.25, -0.2) is 0 Å². The maximum Gasteiger partial charge on any atom is 0.0110 e. The smallest absolute Gasteiger partial charge is 0.0110 e. The van der Waals surface area contributed by atoms with Crippen LogP contribution in [-0.4, -0.2) is 5.75 Å². The van der Waals surface area contributed by atoms with Crippen molar-refractivity contribution in [3.63, 3.8) is 0 Å². The largest absolute Gasteiger partial charge is 0.126 e. The summed E-state index contributed by atoms with van der Waals surface area (Å²) in [5, 5.41) is 0. The van der Waals surface area contributed by atoms with E-state index in [1.54, 1.807) is 5.56 Å². The van der Waals surface area contributed by atoms with Crippen LogP contribution >= 0.6 is 11.8 Å². The minimum Gasteiger partial charge on any atom is -0.126 e. The highest BCUT2D eigenvalue weighted by atomic mass is 32.2. The van der Waals surface area contributed by atoms with Gasteiger partial charge in [0.05, 0.1) is 0 Å². The first-order valence-electron chi connectivity index (χ1n) is 6.31. The molecule has 1 aromatic carbocycles. The molecule has 0 saturated carbocycles. The highest BCUT2D eigenvalue weighted by Gasteiger charge is 2.41. The van der Waals surface area contributed by atoms with Crippen molar-refractivity contribution < 1.29 is 0 Å². The van der Waals surface area contributed by atoms with Crippen molar-refractivity contribution in [1.82, 2.24) is 0 Å². The molecule has 0 fully saturated rings. The summed E-state index contributed by atoms with van der Waals surface area (Å²) in [6.07, 6.45) is 1.32. The maximum absolute atomic E-state index is 2.38. The first kappa shape index (κ1) is 12.0. The highest BCUT2D eigenvalue weighted by molar-refractivity contribution is 7.99. The minimum atomic E-state index is 0.391. The lowest BCUT2D eigenvalue weighted by molar-refractivity contribution is 0.205. The van der Waals surface area contributed by atoms with Gasteiger partial charge in [0.1, 0.15) is 0 Å². The summed E-state index contributed by atoms with van der Waals surface area (Å²) in [4.78, 5) is 1.51. The Kier molecular flexibility index (Phi) is 3.34. The number of hydrogen-bond donors (Lipinski definition) is 0. The van der Waals surface area contributed by atoms with Gasteiger partial charge in [-0.1, -0.05) is 45.9 Å². The van der Waals surface area contributed by atoms with E-state index in [-0.39, 0.29) is 0 Å². The molecule has 0 radical (unpaired) electrons. The molecule has 0 unspecified atom stereocenters. The van der Waals surface area contributed by atoms with Gasteiger partial charge in [0.2, 0.25) is 0 Å². The molecule has 1 aromatic rings. The van der Waals surface area contributed by atoms with Crippen LogP contribution in [0.15, 0.2) is 29.2 Å². The van der Waals surface area contributed by atoms with Crippen molar-refractivity contribution in [3.8, 4) is 0 Å². The molecule has 0 atom stereocenters. The second-order valence-electron chi connectivity index (χ2n) is 5.44. The van der Waals surface area contributed by atoms with Crippen LogP contribution < -0.4 is 0 Å². The fourth-order valence-corrected chi connectivity index (χ4v) is 4.56. The topological polar surface area (TPSA) is 0 Å². The summed E-state index contributed by atoms with van der Waals surface area (Å²) in [5.41, 5.74) is 1.98. The number of rotatable bonds is 2. The van der Waals surface area contributed by atoms with Crippen LogP contribution in [0.25, 0.3) is 0 Å². The van der Waals surface area contributed by atoms with Gasteiger partial charge >= 0.3 is 0 Å². The van der Waals surface area contributed by atoms with E-state index >= 15 is 0 Å². The van der Waals surface area contributed by atoms with E-state index in [4.69, 9.17) is 0 Å². The maximum atomic E-state index is 2.38. The zero-order valence-corrected chi connectivity index (χ0v) is 11.6. The molecule has 0 saturated heterocycles. The molecule has 0 aliphatic carbocycles. The highest BCUT2D eigenvalue weighted by Crippen LogP contribution is 2.50. The third kappa shape index (κ3) is 1.69. The van der Waals surface area contributed by atoms with Gasteiger partial charge in [-0.15, -0.1) is 11.8 Å². The Labute approximate surface area is 104 Å². The molecule has 2 rings (SSSR count). The molecule has 0 spiro atoms. The number of thioether (sulfide) groups is 1. The van der Waals surface area contributed by atoms with E-state index in [9.17, 15) is 0 Å². The van der Waals surface area contributed by atoms with Crippen LogP contribution in [0.1, 0.15) is 39.7 Å². The van der Waals surface area contributed by atoms with Gasteiger partial charge in [0, 0.05) is 10.3 Å². The summed E-state index contributed by atoms with van der Waals surface area (Å²) in [6, 6.07) is 9.01. The molecule has 0 bridgehead atoms. The Morgan fingerprint density at radius 3 is 2.31 bits per heavy atom. The van der Waals surface area contributed by atoms with Gasteiger partial charge < -0.3 is 0 Å². The molecule has 0 N–H and O–H groups in total. The van der Waals surface area contributed by atoms with E-state index in [1.165, 1.54) is 17.1 Å². The van der Waals surface area contributed by atoms with Gasteiger partial charge in [-0.2, -0.15) is 0 Å². The summed E-state index contributed by atoms with van der Waals surface area (Å²) in [7, 11) is 0. The van der Waals surface area contributed by atoms with Crippen LogP contribution in [0, 0.1) is 11.8 Å². The van der Waals surface area contributed by atoms with E-state index in [0.29, 0.717) is 5.41 Å². The van der Waals surface area contributed by atoms with Crippen molar-refractivity contribution in [2.24, 2.45) is 11.8 Å². The van der Waals surface area contributed by atoms with Crippen LogP contribution in [-0.2, 0) is 5.41 Å². The van der Waals surface area contributed by atoms with Crippen molar-refractivity contribution in [3.05, 3.63) is 29.8 Å².